The van der Waals surface area contributed by atoms with Crippen LogP contribution in [0.3, 0.4) is 0 Å². The summed E-state index contributed by atoms with van der Waals surface area (Å²) in [6.07, 6.45) is 2.09. The van der Waals surface area contributed by atoms with Crippen LogP contribution in [-0.4, -0.2) is 17.7 Å². The van der Waals surface area contributed by atoms with E-state index in [2.05, 4.69) is 41.5 Å². The van der Waals surface area contributed by atoms with E-state index >= 15 is 0 Å². The predicted molar refractivity (Wildman–Crippen MR) is 104 cm³/mol. The fourth-order valence-corrected chi connectivity index (χ4v) is 3.22. The molecule has 1 aromatic carbocycles. The van der Waals surface area contributed by atoms with Crippen LogP contribution >= 0.6 is 0 Å². The van der Waals surface area contributed by atoms with Gasteiger partial charge in [-0.25, -0.2) is 0 Å². The number of aryl methyl sites for hydroxylation is 1. The van der Waals surface area contributed by atoms with Gasteiger partial charge < -0.3 is 9.84 Å². The molecule has 3 heteroatoms. The Bertz CT molecular complexity index is 594. The van der Waals surface area contributed by atoms with Gasteiger partial charge in [0.25, 0.3) is 0 Å². The summed E-state index contributed by atoms with van der Waals surface area (Å²) in [5, 5.41) is 10.4. The summed E-state index contributed by atoms with van der Waals surface area (Å²) in [5.74, 6) is 1.25. The number of rotatable bonds is 7. The highest BCUT2D eigenvalue weighted by Crippen LogP contribution is 2.36. The Morgan fingerprint density at radius 1 is 1.16 bits per heavy atom. The van der Waals surface area contributed by atoms with E-state index in [1.807, 2.05) is 19.9 Å². The van der Waals surface area contributed by atoms with Gasteiger partial charge >= 0.3 is 5.97 Å². The molecule has 0 aliphatic carbocycles. The number of aromatic hydroxyl groups is 1. The maximum atomic E-state index is 12.1. The first-order chi connectivity index (χ1) is 11.4. The van der Waals surface area contributed by atoms with Crippen LogP contribution in [0, 0.1) is 25.7 Å². The van der Waals surface area contributed by atoms with E-state index in [1.165, 1.54) is 0 Å². The molecule has 0 radical (unpaired) electrons. The summed E-state index contributed by atoms with van der Waals surface area (Å²) in [6.45, 7) is 17.2. The molecule has 0 bridgehead atoms. The smallest absolute Gasteiger partial charge is 0.306 e. The van der Waals surface area contributed by atoms with Gasteiger partial charge in [-0.1, -0.05) is 47.6 Å². The van der Waals surface area contributed by atoms with E-state index in [9.17, 15) is 9.90 Å². The molecule has 0 spiro atoms. The van der Waals surface area contributed by atoms with Gasteiger partial charge in [0.2, 0.25) is 0 Å². The number of phenolic OH excluding ortho intramolecular Hbond substituents is 1. The van der Waals surface area contributed by atoms with Crippen molar-refractivity contribution in [3.05, 3.63) is 28.3 Å². The van der Waals surface area contributed by atoms with Crippen molar-refractivity contribution < 1.29 is 14.6 Å². The van der Waals surface area contributed by atoms with Crippen LogP contribution in [0.4, 0.5) is 0 Å². The molecular formula is C22H36O3. The van der Waals surface area contributed by atoms with E-state index in [-0.39, 0.29) is 11.4 Å². The second kappa shape index (κ2) is 8.73. The fraction of sp³-hybridized carbons (Fsp3) is 0.682. The van der Waals surface area contributed by atoms with E-state index in [4.69, 9.17) is 4.74 Å². The average Bonchev–Trinajstić information content (AvgIpc) is 2.48. The number of esters is 1. The molecule has 0 fully saturated rings. The molecule has 0 amide bonds. The van der Waals surface area contributed by atoms with Crippen molar-refractivity contribution in [2.45, 2.75) is 80.1 Å². The minimum Gasteiger partial charge on any atom is -0.507 e. The zero-order valence-electron chi connectivity index (χ0n) is 17.3. The molecule has 0 aromatic heterocycles. The van der Waals surface area contributed by atoms with E-state index in [1.54, 1.807) is 0 Å². The Morgan fingerprint density at radius 3 is 2.28 bits per heavy atom. The lowest BCUT2D eigenvalue weighted by molar-refractivity contribution is -0.145. The maximum absolute atomic E-state index is 12.1. The van der Waals surface area contributed by atoms with Crippen LogP contribution in [-0.2, 0) is 21.4 Å². The molecule has 1 unspecified atom stereocenters. The highest BCUT2D eigenvalue weighted by atomic mass is 16.5. The molecule has 142 valence electrons. The minimum absolute atomic E-state index is 0.135. The Balaban J connectivity index is 2.74. The molecule has 1 rings (SSSR count). The third kappa shape index (κ3) is 6.37. The van der Waals surface area contributed by atoms with E-state index < -0.39 is 0 Å². The molecule has 0 aliphatic heterocycles. The van der Waals surface area contributed by atoms with Crippen molar-refractivity contribution in [3.63, 3.8) is 0 Å². The summed E-state index contributed by atoms with van der Waals surface area (Å²) in [5.41, 5.74) is 3.88. The number of carbonyl (C=O) groups is 1. The van der Waals surface area contributed by atoms with Crippen molar-refractivity contribution in [1.82, 2.24) is 0 Å². The number of carbonyl (C=O) groups excluding carboxylic acids is 1. The summed E-state index contributed by atoms with van der Waals surface area (Å²) >= 11 is 0. The van der Waals surface area contributed by atoms with Gasteiger partial charge in [0.15, 0.2) is 0 Å². The second-order valence-corrected chi connectivity index (χ2v) is 8.85. The topological polar surface area (TPSA) is 46.5 Å². The van der Waals surface area contributed by atoms with Crippen LogP contribution in [0.1, 0.15) is 76.6 Å². The van der Waals surface area contributed by atoms with Gasteiger partial charge in [-0.05, 0) is 66.2 Å². The fourth-order valence-electron chi connectivity index (χ4n) is 3.22. The molecule has 0 aliphatic rings. The van der Waals surface area contributed by atoms with Crippen molar-refractivity contribution in [3.8, 4) is 5.75 Å². The highest BCUT2D eigenvalue weighted by molar-refractivity contribution is 5.70. The van der Waals surface area contributed by atoms with Crippen molar-refractivity contribution in [2.24, 2.45) is 11.8 Å². The summed E-state index contributed by atoms with van der Waals surface area (Å²) in [4.78, 5) is 12.1. The van der Waals surface area contributed by atoms with Crippen molar-refractivity contribution >= 4 is 5.97 Å². The number of benzene rings is 1. The van der Waals surface area contributed by atoms with Crippen molar-refractivity contribution in [2.75, 3.05) is 6.61 Å². The van der Waals surface area contributed by atoms with Gasteiger partial charge in [0, 0.05) is 6.42 Å². The lowest BCUT2D eigenvalue weighted by atomic mass is 9.82. The molecule has 1 N–H and O–H groups in total. The molecule has 1 atom stereocenters. The van der Waals surface area contributed by atoms with Crippen LogP contribution < -0.4 is 0 Å². The number of hydrogen-bond donors (Lipinski definition) is 1. The quantitative estimate of drug-likeness (QED) is 0.665. The lowest BCUT2D eigenvalue weighted by Crippen LogP contribution is -2.15. The minimum atomic E-state index is -0.141. The predicted octanol–water partition coefficient (Wildman–Crippen LogP) is 5.46. The van der Waals surface area contributed by atoms with Gasteiger partial charge in [0.05, 0.1) is 6.61 Å². The van der Waals surface area contributed by atoms with Gasteiger partial charge in [-0.2, -0.15) is 0 Å². The van der Waals surface area contributed by atoms with Crippen molar-refractivity contribution in [1.29, 1.82) is 0 Å². The second-order valence-electron chi connectivity index (χ2n) is 8.85. The monoisotopic (exact) mass is 348 g/mol. The molecule has 1 aromatic rings. The third-order valence-corrected chi connectivity index (χ3v) is 4.78. The van der Waals surface area contributed by atoms with Gasteiger partial charge in [0.1, 0.15) is 5.75 Å². The Hall–Kier alpha value is -1.51. The Labute approximate surface area is 153 Å². The van der Waals surface area contributed by atoms with Gasteiger partial charge in [-0.15, -0.1) is 0 Å². The highest BCUT2D eigenvalue weighted by Gasteiger charge is 2.22. The number of hydrogen-bond acceptors (Lipinski definition) is 3. The molecule has 0 saturated carbocycles. The number of phenols is 1. The molecule has 3 nitrogen and oxygen atoms in total. The van der Waals surface area contributed by atoms with Crippen LogP contribution in [0.5, 0.6) is 5.75 Å². The third-order valence-electron chi connectivity index (χ3n) is 4.78. The average molecular weight is 349 g/mol. The first-order valence-electron chi connectivity index (χ1n) is 9.41. The maximum Gasteiger partial charge on any atom is 0.306 e. The summed E-state index contributed by atoms with van der Waals surface area (Å²) < 4.78 is 5.43. The largest absolute Gasteiger partial charge is 0.507 e. The normalized spacial score (nSPS) is 13.2. The van der Waals surface area contributed by atoms with Crippen LogP contribution in [0.15, 0.2) is 6.07 Å². The number of ether oxygens (including phenoxy) is 1. The lowest BCUT2D eigenvalue weighted by Gasteiger charge is -2.24. The first kappa shape index (κ1) is 21.5. The van der Waals surface area contributed by atoms with Crippen LogP contribution in [0.25, 0.3) is 0 Å². The van der Waals surface area contributed by atoms with E-state index in [0.717, 1.165) is 28.7 Å². The SMILES string of the molecule is Cc1c(CCC(=O)OCC(C)CC(C)C)cc(C(C)(C)C)c(O)c1C. The van der Waals surface area contributed by atoms with E-state index in [0.29, 0.717) is 37.0 Å². The van der Waals surface area contributed by atoms with Crippen LogP contribution in [0.2, 0.25) is 0 Å². The molecule has 25 heavy (non-hydrogen) atoms. The molecular weight excluding hydrogens is 312 g/mol. The first-order valence-corrected chi connectivity index (χ1v) is 9.41. The van der Waals surface area contributed by atoms with Gasteiger partial charge in [-0.3, -0.25) is 4.79 Å². The summed E-state index contributed by atoms with van der Waals surface area (Å²) in [7, 11) is 0. The summed E-state index contributed by atoms with van der Waals surface area (Å²) in [6, 6.07) is 2.05. The molecule has 0 heterocycles. The zero-order chi connectivity index (χ0) is 19.4. The Morgan fingerprint density at radius 2 is 1.76 bits per heavy atom. The molecule has 0 saturated heterocycles. The standard InChI is InChI=1S/C22H36O3/c1-14(2)11-15(3)13-25-20(23)10-9-18-12-19(22(6,7)8)21(24)17(5)16(18)4/h12,14-15,24H,9-11,13H2,1-8H3. The Kier molecular flexibility index (Phi) is 7.52. The zero-order valence-corrected chi connectivity index (χ0v) is 17.3.